The van der Waals surface area contributed by atoms with E-state index < -0.39 is 29.9 Å². The van der Waals surface area contributed by atoms with Crippen LogP contribution in [0.25, 0.3) is 0 Å². The van der Waals surface area contributed by atoms with Crippen molar-refractivity contribution in [3.8, 4) is 0 Å². The summed E-state index contributed by atoms with van der Waals surface area (Å²) >= 11 is 0. The molecule has 2 bridgehead atoms. The van der Waals surface area contributed by atoms with E-state index in [0.29, 0.717) is 11.5 Å². The van der Waals surface area contributed by atoms with Gasteiger partial charge in [0.05, 0.1) is 13.1 Å². The molecule has 0 aliphatic carbocycles. The fraction of sp³-hybridized carbons (Fsp3) is 0.619. The molecule has 2 rings (SSSR count). The zero-order valence-corrected chi connectivity index (χ0v) is 19.6. The van der Waals surface area contributed by atoms with Crippen molar-refractivity contribution in [2.75, 3.05) is 24.6 Å². The Balaban J connectivity index is 2.36. The van der Waals surface area contributed by atoms with E-state index in [0.717, 1.165) is 12.2 Å². The maximum atomic E-state index is 13.0. The second-order valence-electron chi connectivity index (χ2n) is 7.87. The fourth-order valence-corrected chi connectivity index (χ4v) is 5.30. The third-order valence-electron chi connectivity index (χ3n) is 4.91. The van der Waals surface area contributed by atoms with Gasteiger partial charge in [-0.15, -0.1) is 0 Å². The molecule has 3 N–H and O–H groups in total. The molecule has 10 heteroatoms. The first kappa shape index (κ1) is 25.3. The summed E-state index contributed by atoms with van der Waals surface area (Å²) in [5.41, 5.74) is 0. The number of allylic oxidation sites excluding steroid dienone is 1. The second-order valence-corrected chi connectivity index (χ2v) is 10.5. The van der Waals surface area contributed by atoms with Gasteiger partial charge in [-0.2, -0.15) is 0 Å². The van der Waals surface area contributed by atoms with E-state index in [1.807, 2.05) is 26.0 Å². The van der Waals surface area contributed by atoms with Crippen molar-refractivity contribution < 1.29 is 23.9 Å². The van der Waals surface area contributed by atoms with Gasteiger partial charge in [-0.1, -0.05) is 48.1 Å². The van der Waals surface area contributed by atoms with Gasteiger partial charge in [0.1, 0.15) is 23.7 Å². The first-order valence-corrected chi connectivity index (χ1v) is 12.9. The van der Waals surface area contributed by atoms with Gasteiger partial charge in [-0.05, 0) is 18.4 Å². The number of hydrogen-bond acceptors (Lipinski definition) is 7. The summed E-state index contributed by atoms with van der Waals surface area (Å²) < 4.78 is 5.81. The molecule has 0 saturated carbocycles. The summed E-state index contributed by atoms with van der Waals surface area (Å²) in [5.74, 6) is -0.435. The minimum absolute atomic E-state index is 0.0661. The largest absolute Gasteiger partial charge is 0.489 e. The highest BCUT2D eigenvalue weighted by Crippen LogP contribution is 2.25. The summed E-state index contributed by atoms with van der Waals surface area (Å²) in [7, 11) is 3.08. The molecule has 2 aliphatic heterocycles. The van der Waals surface area contributed by atoms with Crippen molar-refractivity contribution in [3.05, 3.63) is 24.5 Å². The Morgan fingerprint density at radius 3 is 2.58 bits per heavy atom. The van der Waals surface area contributed by atoms with Crippen molar-refractivity contribution in [1.82, 2.24) is 16.0 Å². The topological polar surface area (TPSA) is 114 Å². The summed E-state index contributed by atoms with van der Waals surface area (Å²) in [6.45, 7) is 7.44. The minimum atomic E-state index is -0.797. The van der Waals surface area contributed by atoms with E-state index in [-0.39, 0.29) is 43.5 Å². The Bertz CT molecular complexity index is 726. The predicted octanol–water partition coefficient (Wildman–Crippen LogP) is 1.58. The van der Waals surface area contributed by atoms with Gasteiger partial charge in [0.15, 0.2) is 0 Å². The number of ketones is 1. The maximum absolute atomic E-state index is 13.0. The van der Waals surface area contributed by atoms with Crippen molar-refractivity contribution in [3.63, 3.8) is 0 Å². The summed E-state index contributed by atoms with van der Waals surface area (Å²) in [5, 5.41) is 8.00. The van der Waals surface area contributed by atoms with Gasteiger partial charge in [0.2, 0.25) is 17.7 Å². The van der Waals surface area contributed by atoms with Gasteiger partial charge in [0, 0.05) is 30.3 Å². The van der Waals surface area contributed by atoms with Crippen LogP contribution in [0.5, 0.6) is 0 Å². The molecule has 8 nitrogen and oxygen atoms in total. The number of carbonyl (C=O) groups excluding carboxylic acids is 4. The number of fused-ring (bicyclic) bond motifs is 7. The van der Waals surface area contributed by atoms with Gasteiger partial charge in [0.25, 0.3) is 0 Å². The number of Topliss-reactive ketones (excluding diaryl/α,β-unsaturated/α-hetero) is 1. The molecule has 3 atom stereocenters. The zero-order valence-electron chi connectivity index (χ0n) is 18.0. The third-order valence-corrected chi connectivity index (χ3v) is 7.36. The standard InChI is InChI=1S/C21H31N3O5S2/c1-13(2)17-9-15(25)8-16-6-4-5-7-30-31-12-18(24-20(17)27)21(28)23-11-19(26)22-10-14(3)29-16/h4,6,13,16-18H,3,5,7-12H2,1-2H3,(H,22,26)(H,23,28)(H,24,27)/b6-4+/t16?,17-,18-/m1/s1. The van der Waals surface area contributed by atoms with Gasteiger partial charge < -0.3 is 20.7 Å². The van der Waals surface area contributed by atoms with Crippen molar-refractivity contribution >= 4 is 45.1 Å². The highest BCUT2D eigenvalue weighted by atomic mass is 33.1. The van der Waals surface area contributed by atoms with Crippen LogP contribution in [0.4, 0.5) is 0 Å². The van der Waals surface area contributed by atoms with E-state index in [1.165, 1.54) is 10.8 Å². The predicted molar refractivity (Wildman–Crippen MR) is 123 cm³/mol. The van der Waals surface area contributed by atoms with Crippen LogP contribution in [0, 0.1) is 11.8 Å². The average Bonchev–Trinajstić information content (AvgIpc) is 2.71. The highest BCUT2D eigenvalue weighted by molar-refractivity contribution is 8.76. The zero-order chi connectivity index (χ0) is 22.8. The van der Waals surface area contributed by atoms with E-state index in [9.17, 15) is 19.2 Å². The van der Waals surface area contributed by atoms with Crippen LogP contribution in [-0.2, 0) is 23.9 Å². The first-order valence-electron chi connectivity index (χ1n) is 10.4. The van der Waals surface area contributed by atoms with Gasteiger partial charge >= 0.3 is 0 Å². The van der Waals surface area contributed by atoms with E-state index in [2.05, 4.69) is 22.5 Å². The molecule has 0 aromatic carbocycles. The lowest BCUT2D eigenvalue weighted by atomic mass is 9.88. The molecule has 31 heavy (non-hydrogen) atoms. The lowest BCUT2D eigenvalue weighted by Gasteiger charge is -2.25. The molecule has 2 aliphatic rings. The van der Waals surface area contributed by atoms with E-state index in [4.69, 9.17) is 4.74 Å². The molecule has 0 spiro atoms. The average molecular weight is 470 g/mol. The van der Waals surface area contributed by atoms with Crippen LogP contribution in [0.2, 0.25) is 0 Å². The Morgan fingerprint density at radius 1 is 1.06 bits per heavy atom. The Kier molecular flexibility index (Phi) is 10.5. The monoisotopic (exact) mass is 469 g/mol. The van der Waals surface area contributed by atoms with Crippen LogP contribution in [0.1, 0.15) is 33.1 Å². The van der Waals surface area contributed by atoms with Gasteiger partial charge in [-0.3, -0.25) is 19.2 Å². The molecule has 2 heterocycles. The second kappa shape index (κ2) is 12.8. The lowest BCUT2D eigenvalue weighted by Crippen LogP contribution is -2.52. The number of hydrogen-bond donors (Lipinski definition) is 3. The highest BCUT2D eigenvalue weighted by Gasteiger charge is 2.30. The van der Waals surface area contributed by atoms with Crippen molar-refractivity contribution in [2.24, 2.45) is 11.8 Å². The minimum Gasteiger partial charge on any atom is -0.489 e. The first-order chi connectivity index (χ1) is 14.8. The quantitative estimate of drug-likeness (QED) is 0.395. The fourth-order valence-electron chi connectivity index (χ4n) is 3.14. The summed E-state index contributed by atoms with van der Waals surface area (Å²) in [6.07, 6.45) is 4.22. The number of nitrogens with one attached hydrogen (secondary N) is 3. The number of rotatable bonds is 1. The summed E-state index contributed by atoms with van der Waals surface area (Å²) in [6, 6.07) is -0.797. The Labute approximate surface area is 191 Å². The number of ether oxygens (including phenoxy) is 1. The number of amides is 3. The molecular weight excluding hydrogens is 438 g/mol. The van der Waals surface area contributed by atoms with Crippen LogP contribution in [0.3, 0.4) is 0 Å². The van der Waals surface area contributed by atoms with E-state index in [1.54, 1.807) is 10.8 Å². The molecular formula is C21H31N3O5S2. The van der Waals surface area contributed by atoms with Crippen LogP contribution >= 0.6 is 21.6 Å². The molecule has 1 unspecified atom stereocenters. The van der Waals surface area contributed by atoms with Crippen LogP contribution in [0.15, 0.2) is 24.5 Å². The number of carbonyl (C=O) groups is 4. The molecule has 1 fully saturated rings. The molecule has 0 aromatic heterocycles. The normalized spacial score (nSPS) is 28.7. The summed E-state index contributed by atoms with van der Waals surface area (Å²) in [4.78, 5) is 50.5. The Hall–Kier alpha value is -1.94. The van der Waals surface area contributed by atoms with Crippen LogP contribution in [-0.4, -0.2) is 60.2 Å². The smallest absolute Gasteiger partial charge is 0.243 e. The Morgan fingerprint density at radius 2 is 1.84 bits per heavy atom. The van der Waals surface area contributed by atoms with Crippen LogP contribution < -0.4 is 16.0 Å². The SMILES string of the molecule is C=C1CNC(=O)CNC(=O)[C@H]2CSSCC/C=C/C(CC(=O)C[C@H](C(C)C)C(=O)N2)O1. The van der Waals surface area contributed by atoms with Crippen molar-refractivity contribution in [1.29, 1.82) is 0 Å². The van der Waals surface area contributed by atoms with E-state index >= 15 is 0 Å². The molecule has 172 valence electrons. The molecule has 0 radical (unpaired) electrons. The third kappa shape index (κ3) is 8.98. The molecule has 1 saturated heterocycles. The molecule has 3 amide bonds. The lowest BCUT2D eigenvalue weighted by molar-refractivity contribution is -0.134. The molecule has 0 aromatic rings. The van der Waals surface area contributed by atoms with Gasteiger partial charge in [-0.25, -0.2) is 0 Å². The maximum Gasteiger partial charge on any atom is 0.243 e. The van der Waals surface area contributed by atoms with Crippen molar-refractivity contribution in [2.45, 2.75) is 45.3 Å².